The van der Waals surface area contributed by atoms with Crippen molar-refractivity contribution in [3.05, 3.63) is 59.7 Å². The van der Waals surface area contributed by atoms with Crippen molar-refractivity contribution in [2.24, 2.45) is 5.92 Å². The summed E-state index contributed by atoms with van der Waals surface area (Å²) in [6, 6.07) is 12.0. The summed E-state index contributed by atoms with van der Waals surface area (Å²) in [7, 11) is -3.88. The Morgan fingerprint density at radius 1 is 1.09 bits per heavy atom. The number of anilines is 1. The van der Waals surface area contributed by atoms with Crippen molar-refractivity contribution in [1.29, 1.82) is 0 Å². The first kappa shape index (κ1) is 23.3. The van der Waals surface area contributed by atoms with E-state index in [4.69, 9.17) is 4.74 Å². The lowest BCUT2D eigenvalue weighted by Crippen LogP contribution is -2.42. The minimum atomic E-state index is -3.88. The SMILES string of the molecule is CC(C)CNC(=O)NC(=O)COC(=O)c1cccc(S(=O)(=O)N2CCc3ccccc32)c1. The maximum absolute atomic E-state index is 13.1. The van der Waals surface area contributed by atoms with Crippen molar-refractivity contribution in [3.8, 4) is 0 Å². The highest BCUT2D eigenvalue weighted by Crippen LogP contribution is 2.32. The highest BCUT2D eigenvalue weighted by Gasteiger charge is 2.31. The van der Waals surface area contributed by atoms with Crippen LogP contribution in [0.4, 0.5) is 10.5 Å². The van der Waals surface area contributed by atoms with Crippen LogP contribution in [0.2, 0.25) is 0 Å². The van der Waals surface area contributed by atoms with E-state index in [-0.39, 0.29) is 16.4 Å². The van der Waals surface area contributed by atoms with E-state index in [0.29, 0.717) is 25.2 Å². The molecule has 170 valence electrons. The van der Waals surface area contributed by atoms with E-state index in [9.17, 15) is 22.8 Å². The van der Waals surface area contributed by atoms with Crippen LogP contribution >= 0.6 is 0 Å². The molecule has 10 heteroatoms. The van der Waals surface area contributed by atoms with Crippen LogP contribution in [0.3, 0.4) is 0 Å². The Morgan fingerprint density at radius 3 is 2.59 bits per heavy atom. The summed E-state index contributed by atoms with van der Waals surface area (Å²) in [5.74, 6) is -1.45. The normalized spacial score (nSPS) is 12.9. The van der Waals surface area contributed by atoms with Crippen LogP contribution in [-0.4, -0.2) is 46.0 Å². The van der Waals surface area contributed by atoms with E-state index < -0.39 is 34.5 Å². The molecule has 0 spiro atoms. The molecule has 1 aliphatic rings. The smallest absolute Gasteiger partial charge is 0.338 e. The van der Waals surface area contributed by atoms with Crippen LogP contribution in [0.15, 0.2) is 53.4 Å². The maximum Gasteiger partial charge on any atom is 0.338 e. The molecular weight excluding hydrogens is 434 g/mol. The molecule has 2 aromatic rings. The highest BCUT2D eigenvalue weighted by molar-refractivity contribution is 7.92. The summed E-state index contributed by atoms with van der Waals surface area (Å²) < 4.78 is 32.5. The first-order chi connectivity index (χ1) is 15.2. The number of urea groups is 1. The number of esters is 1. The number of hydrogen-bond donors (Lipinski definition) is 2. The third-order valence-corrected chi connectivity index (χ3v) is 6.57. The fourth-order valence-electron chi connectivity index (χ4n) is 3.19. The van der Waals surface area contributed by atoms with E-state index in [0.717, 1.165) is 5.56 Å². The van der Waals surface area contributed by atoms with Crippen LogP contribution < -0.4 is 14.9 Å². The van der Waals surface area contributed by atoms with Crippen molar-refractivity contribution < 1.29 is 27.5 Å². The van der Waals surface area contributed by atoms with Gasteiger partial charge in [0.25, 0.3) is 15.9 Å². The van der Waals surface area contributed by atoms with E-state index in [2.05, 4.69) is 10.6 Å². The summed E-state index contributed by atoms with van der Waals surface area (Å²) in [6.45, 7) is 3.84. The minimum absolute atomic E-state index is 0.0179. The second-order valence-corrected chi connectivity index (χ2v) is 9.57. The molecule has 1 aliphatic heterocycles. The largest absolute Gasteiger partial charge is 0.452 e. The standard InChI is InChI=1S/C22H25N3O6S/c1-15(2)13-23-22(28)24-20(26)14-31-21(27)17-7-5-8-18(12-17)32(29,30)25-11-10-16-6-3-4-9-19(16)25/h3-9,12,15H,10-11,13-14H2,1-2H3,(H2,23,24,26,28). The lowest BCUT2D eigenvalue weighted by atomic mass is 10.2. The maximum atomic E-state index is 13.1. The summed E-state index contributed by atoms with van der Waals surface area (Å²) in [5, 5.41) is 4.56. The molecule has 0 atom stereocenters. The number of nitrogens with zero attached hydrogens (tertiary/aromatic N) is 1. The zero-order chi connectivity index (χ0) is 23.3. The van der Waals surface area contributed by atoms with Crippen LogP contribution in [0.1, 0.15) is 29.8 Å². The average Bonchev–Trinajstić information content (AvgIpc) is 3.21. The Labute approximate surface area is 186 Å². The average molecular weight is 460 g/mol. The first-order valence-electron chi connectivity index (χ1n) is 10.1. The van der Waals surface area contributed by atoms with Crippen LogP contribution in [0.5, 0.6) is 0 Å². The molecule has 32 heavy (non-hydrogen) atoms. The second kappa shape index (κ2) is 9.82. The van der Waals surface area contributed by atoms with Crippen LogP contribution in [0.25, 0.3) is 0 Å². The Morgan fingerprint density at radius 2 is 1.84 bits per heavy atom. The van der Waals surface area contributed by atoms with Crippen molar-refractivity contribution in [3.63, 3.8) is 0 Å². The van der Waals surface area contributed by atoms with Crippen molar-refractivity contribution in [1.82, 2.24) is 10.6 Å². The second-order valence-electron chi connectivity index (χ2n) is 7.71. The van der Waals surface area contributed by atoms with Gasteiger partial charge < -0.3 is 10.1 Å². The number of ether oxygens (including phenoxy) is 1. The molecule has 0 saturated heterocycles. The fraction of sp³-hybridized carbons (Fsp3) is 0.318. The predicted octanol–water partition coefficient (Wildman–Crippen LogP) is 2.08. The number of fused-ring (bicyclic) bond motifs is 1. The number of carbonyl (C=O) groups is 3. The third kappa shape index (κ3) is 5.44. The number of hydrogen-bond acceptors (Lipinski definition) is 6. The van der Waals surface area contributed by atoms with E-state index in [1.54, 1.807) is 12.1 Å². The van der Waals surface area contributed by atoms with Crippen LogP contribution in [-0.2, 0) is 26.0 Å². The zero-order valence-electron chi connectivity index (χ0n) is 17.8. The predicted molar refractivity (Wildman–Crippen MR) is 118 cm³/mol. The molecule has 1 heterocycles. The van der Waals surface area contributed by atoms with Gasteiger partial charge in [-0.05, 0) is 42.2 Å². The Kier molecular flexibility index (Phi) is 7.14. The number of imide groups is 1. The monoisotopic (exact) mass is 459 g/mol. The van der Waals surface area contributed by atoms with Gasteiger partial charge in [-0.15, -0.1) is 0 Å². The summed E-state index contributed by atoms with van der Waals surface area (Å²) in [5.41, 5.74) is 1.54. The molecule has 2 aromatic carbocycles. The van der Waals surface area contributed by atoms with Gasteiger partial charge >= 0.3 is 12.0 Å². The number of carbonyl (C=O) groups excluding carboxylic acids is 3. The van der Waals surface area contributed by atoms with Crippen molar-refractivity contribution >= 4 is 33.6 Å². The quantitative estimate of drug-likeness (QED) is 0.612. The van der Waals surface area contributed by atoms with Gasteiger partial charge in [0, 0.05) is 13.1 Å². The van der Waals surface area contributed by atoms with Gasteiger partial charge in [0.05, 0.1) is 16.1 Å². The molecule has 0 bridgehead atoms. The van der Waals surface area contributed by atoms with Gasteiger partial charge in [0.1, 0.15) is 0 Å². The minimum Gasteiger partial charge on any atom is -0.452 e. The van der Waals surface area contributed by atoms with Gasteiger partial charge in [-0.2, -0.15) is 0 Å². The molecule has 0 fully saturated rings. The van der Waals surface area contributed by atoms with E-state index in [1.165, 1.54) is 28.6 Å². The number of amides is 3. The summed E-state index contributed by atoms with van der Waals surface area (Å²) in [6.07, 6.45) is 0.608. The molecule has 0 unspecified atom stereocenters. The molecule has 2 N–H and O–H groups in total. The Hall–Kier alpha value is -3.40. The summed E-state index contributed by atoms with van der Waals surface area (Å²) >= 11 is 0. The molecular formula is C22H25N3O6S. The third-order valence-electron chi connectivity index (χ3n) is 4.76. The fourth-order valence-corrected chi connectivity index (χ4v) is 4.74. The Bertz CT molecular complexity index is 1130. The summed E-state index contributed by atoms with van der Waals surface area (Å²) in [4.78, 5) is 35.7. The molecule has 0 aromatic heterocycles. The lowest BCUT2D eigenvalue weighted by Gasteiger charge is -2.19. The van der Waals surface area contributed by atoms with Gasteiger partial charge in [-0.3, -0.25) is 14.4 Å². The van der Waals surface area contributed by atoms with E-state index in [1.807, 2.05) is 26.0 Å². The molecule has 0 radical (unpaired) electrons. The topological polar surface area (TPSA) is 122 Å². The van der Waals surface area contributed by atoms with Gasteiger partial charge in [-0.25, -0.2) is 18.0 Å². The van der Waals surface area contributed by atoms with Gasteiger partial charge in [0.15, 0.2) is 6.61 Å². The number of rotatable bonds is 7. The van der Waals surface area contributed by atoms with Crippen molar-refractivity contribution in [2.75, 3.05) is 24.0 Å². The molecule has 3 amide bonds. The van der Waals surface area contributed by atoms with Gasteiger partial charge in [-0.1, -0.05) is 38.1 Å². The molecule has 0 saturated carbocycles. The lowest BCUT2D eigenvalue weighted by molar-refractivity contribution is -0.123. The van der Waals surface area contributed by atoms with Crippen molar-refractivity contribution in [2.45, 2.75) is 25.2 Å². The molecule has 0 aliphatic carbocycles. The van der Waals surface area contributed by atoms with E-state index >= 15 is 0 Å². The number of sulfonamides is 1. The Balaban J connectivity index is 1.64. The number of benzene rings is 2. The molecule has 9 nitrogen and oxygen atoms in total. The zero-order valence-corrected chi connectivity index (χ0v) is 18.6. The molecule has 3 rings (SSSR count). The number of nitrogens with one attached hydrogen (secondary N) is 2. The highest BCUT2D eigenvalue weighted by atomic mass is 32.2. The van der Waals surface area contributed by atoms with Gasteiger partial charge in [0.2, 0.25) is 0 Å². The first-order valence-corrected chi connectivity index (χ1v) is 11.6. The van der Waals surface area contributed by atoms with Crippen LogP contribution in [0, 0.1) is 5.92 Å². The number of para-hydroxylation sites is 1.